The maximum absolute atomic E-state index is 12.0. The highest BCUT2D eigenvalue weighted by molar-refractivity contribution is 7.99. The molecule has 1 heterocycles. The minimum absolute atomic E-state index is 0.323. The van der Waals surface area contributed by atoms with Crippen molar-refractivity contribution in [2.75, 3.05) is 31.8 Å². The molecule has 1 aromatic carbocycles. The van der Waals surface area contributed by atoms with Gasteiger partial charge in [-0.3, -0.25) is 0 Å². The molecule has 0 unspecified atom stereocenters. The maximum Gasteiger partial charge on any atom is 0.337 e. The number of thioether (sulfide) groups is 1. The first-order valence-electron chi connectivity index (χ1n) is 7.46. The van der Waals surface area contributed by atoms with Crippen molar-refractivity contribution in [2.24, 2.45) is 7.05 Å². The second-order valence-electron chi connectivity index (χ2n) is 4.96. The van der Waals surface area contributed by atoms with Gasteiger partial charge in [-0.2, -0.15) is 0 Å². The van der Waals surface area contributed by atoms with E-state index >= 15 is 0 Å². The fraction of sp³-hybridized carbons (Fsp3) is 0.312. The number of carbonyl (C=O) groups is 2. The number of carbonyl (C=O) groups excluding carboxylic acids is 2. The van der Waals surface area contributed by atoms with Crippen LogP contribution in [0.25, 0.3) is 0 Å². The van der Waals surface area contributed by atoms with Gasteiger partial charge >= 0.3 is 12.0 Å². The van der Waals surface area contributed by atoms with Gasteiger partial charge in [0.1, 0.15) is 5.75 Å². The van der Waals surface area contributed by atoms with Gasteiger partial charge in [0.25, 0.3) is 0 Å². The Labute approximate surface area is 149 Å². The Morgan fingerprint density at radius 3 is 2.76 bits per heavy atom. The van der Waals surface area contributed by atoms with Gasteiger partial charge in [-0.05, 0) is 18.2 Å². The van der Waals surface area contributed by atoms with Crippen molar-refractivity contribution in [1.29, 1.82) is 0 Å². The Balaban J connectivity index is 1.88. The minimum Gasteiger partial charge on any atom is -0.495 e. The SMILES string of the molecule is COC(=O)c1ccc(OC)c(NC(=O)NCCSc2nccn2C)c1. The van der Waals surface area contributed by atoms with E-state index in [9.17, 15) is 9.59 Å². The van der Waals surface area contributed by atoms with Crippen molar-refractivity contribution in [3.8, 4) is 5.75 Å². The Bertz CT molecular complexity index is 747. The number of esters is 1. The van der Waals surface area contributed by atoms with Crippen molar-refractivity contribution >= 4 is 29.4 Å². The third-order valence-corrected chi connectivity index (χ3v) is 4.32. The Morgan fingerprint density at radius 1 is 1.32 bits per heavy atom. The van der Waals surface area contributed by atoms with Crippen LogP contribution in [0.2, 0.25) is 0 Å². The lowest BCUT2D eigenvalue weighted by molar-refractivity contribution is 0.0600. The van der Waals surface area contributed by atoms with E-state index in [4.69, 9.17) is 4.74 Å². The third-order valence-electron chi connectivity index (χ3n) is 3.26. The van der Waals surface area contributed by atoms with E-state index in [1.807, 2.05) is 17.8 Å². The van der Waals surface area contributed by atoms with E-state index in [1.54, 1.807) is 30.1 Å². The van der Waals surface area contributed by atoms with E-state index < -0.39 is 5.97 Å². The number of urea groups is 1. The second kappa shape index (κ2) is 8.97. The summed E-state index contributed by atoms with van der Waals surface area (Å²) in [7, 11) is 4.70. The number of hydrogen-bond donors (Lipinski definition) is 2. The van der Waals surface area contributed by atoms with Crippen LogP contribution in [-0.2, 0) is 11.8 Å². The molecule has 2 rings (SSSR count). The highest BCUT2D eigenvalue weighted by atomic mass is 32.2. The van der Waals surface area contributed by atoms with Crippen molar-refractivity contribution < 1.29 is 19.1 Å². The van der Waals surface area contributed by atoms with Crippen LogP contribution in [0, 0.1) is 0 Å². The van der Waals surface area contributed by atoms with Crippen LogP contribution in [-0.4, -0.2) is 48.1 Å². The molecule has 0 aliphatic heterocycles. The molecule has 25 heavy (non-hydrogen) atoms. The summed E-state index contributed by atoms with van der Waals surface area (Å²) >= 11 is 1.54. The van der Waals surface area contributed by atoms with Crippen molar-refractivity contribution in [1.82, 2.24) is 14.9 Å². The summed E-state index contributed by atoms with van der Waals surface area (Å²) in [6.07, 6.45) is 3.59. The van der Waals surface area contributed by atoms with E-state index in [0.717, 1.165) is 5.16 Å². The molecule has 0 saturated heterocycles. The Morgan fingerprint density at radius 2 is 2.12 bits per heavy atom. The molecule has 0 bridgehead atoms. The van der Waals surface area contributed by atoms with E-state index in [0.29, 0.717) is 29.3 Å². The number of anilines is 1. The quantitative estimate of drug-likeness (QED) is 0.444. The first-order chi connectivity index (χ1) is 12.0. The zero-order chi connectivity index (χ0) is 18.2. The summed E-state index contributed by atoms with van der Waals surface area (Å²) < 4.78 is 11.8. The number of nitrogens with zero attached hydrogens (tertiary/aromatic N) is 2. The lowest BCUT2D eigenvalue weighted by Crippen LogP contribution is -2.30. The van der Waals surface area contributed by atoms with E-state index in [-0.39, 0.29) is 6.03 Å². The number of benzene rings is 1. The molecule has 2 N–H and O–H groups in total. The van der Waals surface area contributed by atoms with Crippen molar-refractivity contribution in [2.45, 2.75) is 5.16 Å². The van der Waals surface area contributed by atoms with Gasteiger partial charge in [0, 0.05) is 31.7 Å². The zero-order valence-electron chi connectivity index (χ0n) is 14.2. The highest BCUT2D eigenvalue weighted by Crippen LogP contribution is 2.25. The first-order valence-corrected chi connectivity index (χ1v) is 8.45. The second-order valence-corrected chi connectivity index (χ2v) is 6.02. The smallest absolute Gasteiger partial charge is 0.337 e. The van der Waals surface area contributed by atoms with E-state index in [1.165, 1.54) is 20.3 Å². The molecule has 8 nitrogen and oxygen atoms in total. The predicted molar refractivity (Wildman–Crippen MR) is 95.3 cm³/mol. The molecule has 1 aromatic heterocycles. The minimum atomic E-state index is -0.488. The van der Waals surface area contributed by atoms with Crippen LogP contribution in [0.4, 0.5) is 10.5 Å². The summed E-state index contributed by atoms with van der Waals surface area (Å²) in [5, 5.41) is 6.30. The largest absolute Gasteiger partial charge is 0.495 e. The molecule has 0 atom stereocenters. The molecule has 9 heteroatoms. The molecule has 0 saturated carbocycles. The van der Waals surface area contributed by atoms with Gasteiger partial charge in [-0.15, -0.1) is 0 Å². The summed E-state index contributed by atoms with van der Waals surface area (Å²) in [6, 6.07) is 4.28. The standard InChI is InChI=1S/C16H20N4O4S/c1-20-8-6-18-16(20)25-9-7-17-15(22)19-12-10-11(14(21)24-3)4-5-13(12)23-2/h4-6,8,10H,7,9H2,1-3H3,(H2,17,19,22). The highest BCUT2D eigenvalue weighted by Gasteiger charge is 2.12. The van der Waals surface area contributed by atoms with Crippen LogP contribution < -0.4 is 15.4 Å². The number of methoxy groups -OCH3 is 2. The van der Waals surface area contributed by atoms with Gasteiger partial charge < -0.3 is 24.7 Å². The first kappa shape index (κ1) is 18.7. The van der Waals surface area contributed by atoms with Crippen molar-refractivity contribution in [3.05, 3.63) is 36.2 Å². The number of amides is 2. The Kier molecular flexibility index (Phi) is 6.70. The Hall–Kier alpha value is -2.68. The summed E-state index contributed by atoms with van der Waals surface area (Å²) in [6.45, 7) is 0.461. The maximum atomic E-state index is 12.0. The third kappa shape index (κ3) is 5.15. The van der Waals surface area contributed by atoms with Crippen molar-refractivity contribution in [3.63, 3.8) is 0 Å². The van der Waals surface area contributed by atoms with Gasteiger partial charge in [-0.25, -0.2) is 14.6 Å². The molecule has 0 radical (unpaired) electrons. The number of rotatable bonds is 7. The molecule has 134 valence electrons. The lowest BCUT2D eigenvalue weighted by Gasteiger charge is -2.12. The van der Waals surface area contributed by atoms with E-state index in [2.05, 4.69) is 20.4 Å². The lowest BCUT2D eigenvalue weighted by atomic mass is 10.2. The summed E-state index contributed by atoms with van der Waals surface area (Å²) in [4.78, 5) is 27.8. The number of aryl methyl sites for hydroxylation is 1. The molecule has 0 fully saturated rings. The molecular formula is C16H20N4O4S. The molecular weight excluding hydrogens is 344 g/mol. The van der Waals surface area contributed by atoms with Crippen LogP contribution in [0.15, 0.2) is 35.7 Å². The van der Waals surface area contributed by atoms with Gasteiger partial charge in [0.05, 0.1) is 25.5 Å². The van der Waals surface area contributed by atoms with Gasteiger partial charge in [-0.1, -0.05) is 11.8 Å². The fourth-order valence-corrected chi connectivity index (χ4v) is 2.80. The van der Waals surface area contributed by atoms with Crippen LogP contribution in [0.3, 0.4) is 0 Å². The normalized spacial score (nSPS) is 10.2. The zero-order valence-corrected chi connectivity index (χ0v) is 15.1. The van der Waals surface area contributed by atoms with Gasteiger partial charge in [0.15, 0.2) is 5.16 Å². The average molecular weight is 364 g/mol. The molecule has 0 aliphatic rings. The number of aromatic nitrogens is 2. The number of nitrogens with one attached hydrogen (secondary N) is 2. The number of ether oxygens (including phenoxy) is 2. The summed E-state index contributed by atoms with van der Waals surface area (Å²) in [5.74, 6) is 0.639. The molecule has 2 amide bonds. The molecule has 2 aromatic rings. The predicted octanol–water partition coefficient (Wildman–Crippen LogP) is 2.13. The van der Waals surface area contributed by atoms with Crippen LogP contribution in [0.5, 0.6) is 5.75 Å². The summed E-state index contributed by atoms with van der Waals surface area (Å²) in [5.41, 5.74) is 0.712. The number of imidazole rings is 1. The monoisotopic (exact) mass is 364 g/mol. The molecule has 0 spiro atoms. The van der Waals surface area contributed by atoms with Crippen LogP contribution in [0.1, 0.15) is 10.4 Å². The van der Waals surface area contributed by atoms with Gasteiger partial charge in [0.2, 0.25) is 0 Å². The fourth-order valence-electron chi connectivity index (χ4n) is 2.01. The average Bonchev–Trinajstić information content (AvgIpc) is 3.03. The molecule has 0 aliphatic carbocycles. The number of hydrogen-bond acceptors (Lipinski definition) is 6. The topological polar surface area (TPSA) is 94.5 Å². The van der Waals surface area contributed by atoms with Crippen LogP contribution >= 0.6 is 11.8 Å².